The number of rotatable bonds is 6. The zero-order valence-electron chi connectivity index (χ0n) is 12.9. The van der Waals surface area contributed by atoms with Crippen LogP contribution in [0.4, 0.5) is 0 Å². The second kappa shape index (κ2) is 6.50. The number of H-pyrrole nitrogens is 1. The van der Waals surface area contributed by atoms with Crippen LogP contribution >= 0.6 is 0 Å². The summed E-state index contributed by atoms with van der Waals surface area (Å²) in [6.45, 7) is 3.67. The Morgan fingerprint density at radius 1 is 1.27 bits per heavy atom. The van der Waals surface area contributed by atoms with Gasteiger partial charge in [-0.25, -0.2) is 13.1 Å². The smallest absolute Gasteiger partial charge is 0.238 e. The molecule has 0 bridgehead atoms. The zero-order chi connectivity index (χ0) is 16.3. The molecule has 0 fully saturated rings. The standard InChI is InChI=1S/C15H21N3O3S/c1-10(2)17-15(19)14(18-22(3,20)21)8-11-9-16-13-7-5-4-6-12(11)13/h4-7,9-10,14,16,18H,8H2,1-3H3,(H,17,19)/t14-/m1/s1. The number of hydrogen-bond donors (Lipinski definition) is 3. The first kappa shape index (κ1) is 16.5. The Hall–Kier alpha value is -1.86. The van der Waals surface area contributed by atoms with Gasteiger partial charge in [0.25, 0.3) is 0 Å². The number of carbonyl (C=O) groups excluding carboxylic acids is 1. The first-order chi connectivity index (χ1) is 10.3. The van der Waals surface area contributed by atoms with Gasteiger partial charge in [-0.2, -0.15) is 0 Å². The van der Waals surface area contributed by atoms with Crippen LogP contribution in [0.1, 0.15) is 19.4 Å². The molecule has 120 valence electrons. The van der Waals surface area contributed by atoms with E-state index < -0.39 is 16.1 Å². The lowest BCUT2D eigenvalue weighted by atomic mass is 10.0. The van der Waals surface area contributed by atoms with Crippen LogP contribution in [0.15, 0.2) is 30.5 Å². The van der Waals surface area contributed by atoms with Crippen molar-refractivity contribution in [2.24, 2.45) is 0 Å². The molecule has 1 aromatic carbocycles. The molecule has 6 nitrogen and oxygen atoms in total. The molecule has 0 unspecified atom stereocenters. The fraction of sp³-hybridized carbons (Fsp3) is 0.400. The van der Waals surface area contributed by atoms with Crippen molar-refractivity contribution in [3.8, 4) is 0 Å². The summed E-state index contributed by atoms with van der Waals surface area (Å²) in [5.41, 5.74) is 1.86. The van der Waals surface area contributed by atoms with Gasteiger partial charge in [0, 0.05) is 23.1 Å². The molecule has 0 radical (unpaired) electrons. The fourth-order valence-electron chi connectivity index (χ4n) is 2.35. The van der Waals surface area contributed by atoms with Crippen molar-refractivity contribution in [1.29, 1.82) is 0 Å². The Labute approximate surface area is 130 Å². The average molecular weight is 323 g/mol. The van der Waals surface area contributed by atoms with E-state index in [9.17, 15) is 13.2 Å². The first-order valence-corrected chi connectivity index (χ1v) is 8.98. The van der Waals surface area contributed by atoms with Crippen LogP contribution in [0.2, 0.25) is 0 Å². The highest BCUT2D eigenvalue weighted by Crippen LogP contribution is 2.19. The number of carbonyl (C=O) groups is 1. The van der Waals surface area contributed by atoms with Crippen LogP contribution in [0, 0.1) is 0 Å². The van der Waals surface area contributed by atoms with Gasteiger partial charge >= 0.3 is 0 Å². The van der Waals surface area contributed by atoms with Gasteiger partial charge in [-0.3, -0.25) is 4.79 Å². The third-order valence-corrected chi connectivity index (χ3v) is 3.92. The predicted molar refractivity (Wildman–Crippen MR) is 87.0 cm³/mol. The number of para-hydroxylation sites is 1. The molecule has 0 aliphatic carbocycles. The van der Waals surface area contributed by atoms with Crippen LogP contribution in [0.25, 0.3) is 10.9 Å². The predicted octanol–water partition coefficient (Wildman–Crippen LogP) is 1.15. The van der Waals surface area contributed by atoms with Crippen molar-refractivity contribution in [2.75, 3.05) is 6.26 Å². The molecule has 1 atom stereocenters. The molecule has 22 heavy (non-hydrogen) atoms. The number of hydrogen-bond acceptors (Lipinski definition) is 3. The number of benzene rings is 1. The number of aromatic amines is 1. The SMILES string of the molecule is CC(C)NC(=O)[C@@H](Cc1c[nH]c2ccccc12)NS(C)(=O)=O. The normalized spacial score (nSPS) is 13.5. The molecule has 0 saturated carbocycles. The molecule has 2 rings (SSSR count). The molecule has 0 spiro atoms. The minimum atomic E-state index is -3.48. The highest BCUT2D eigenvalue weighted by atomic mass is 32.2. The maximum Gasteiger partial charge on any atom is 0.238 e. The lowest BCUT2D eigenvalue weighted by Crippen LogP contribution is -2.49. The van der Waals surface area contributed by atoms with Gasteiger partial charge in [-0.1, -0.05) is 18.2 Å². The van der Waals surface area contributed by atoms with Crippen LogP contribution in [-0.4, -0.2) is 37.6 Å². The summed E-state index contributed by atoms with van der Waals surface area (Å²) in [5, 5.41) is 3.74. The van der Waals surface area contributed by atoms with Gasteiger partial charge in [0.05, 0.1) is 6.26 Å². The second-order valence-electron chi connectivity index (χ2n) is 5.67. The molecule has 1 heterocycles. The van der Waals surface area contributed by atoms with E-state index in [1.165, 1.54) is 0 Å². The third-order valence-electron chi connectivity index (χ3n) is 3.20. The Kier molecular flexibility index (Phi) is 4.87. The van der Waals surface area contributed by atoms with Crippen molar-refractivity contribution in [1.82, 2.24) is 15.0 Å². The molecular formula is C15H21N3O3S. The summed E-state index contributed by atoms with van der Waals surface area (Å²) >= 11 is 0. The molecule has 1 amide bonds. The highest BCUT2D eigenvalue weighted by Gasteiger charge is 2.24. The maximum absolute atomic E-state index is 12.2. The Bertz CT molecular complexity index is 765. The molecule has 3 N–H and O–H groups in total. The minimum Gasteiger partial charge on any atom is -0.361 e. The second-order valence-corrected chi connectivity index (χ2v) is 7.45. The highest BCUT2D eigenvalue weighted by molar-refractivity contribution is 7.88. The molecule has 1 aromatic heterocycles. The largest absolute Gasteiger partial charge is 0.361 e. The van der Waals surface area contributed by atoms with E-state index in [0.717, 1.165) is 22.7 Å². The number of fused-ring (bicyclic) bond motifs is 1. The summed E-state index contributed by atoms with van der Waals surface area (Å²) in [6.07, 6.45) is 3.15. The van der Waals surface area contributed by atoms with Crippen molar-refractivity contribution in [3.63, 3.8) is 0 Å². The van der Waals surface area contributed by atoms with E-state index in [2.05, 4.69) is 15.0 Å². The first-order valence-electron chi connectivity index (χ1n) is 7.09. The van der Waals surface area contributed by atoms with E-state index in [4.69, 9.17) is 0 Å². The van der Waals surface area contributed by atoms with E-state index in [-0.39, 0.29) is 18.4 Å². The monoisotopic (exact) mass is 323 g/mol. The average Bonchev–Trinajstić information content (AvgIpc) is 2.79. The molecule has 7 heteroatoms. The molecule has 0 aliphatic rings. The Morgan fingerprint density at radius 3 is 2.59 bits per heavy atom. The van der Waals surface area contributed by atoms with Crippen LogP contribution < -0.4 is 10.0 Å². The lowest BCUT2D eigenvalue weighted by molar-refractivity contribution is -0.123. The maximum atomic E-state index is 12.2. The Balaban J connectivity index is 2.27. The van der Waals surface area contributed by atoms with Crippen molar-refractivity contribution < 1.29 is 13.2 Å². The van der Waals surface area contributed by atoms with Crippen molar-refractivity contribution in [3.05, 3.63) is 36.0 Å². The minimum absolute atomic E-state index is 0.0562. The zero-order valence-corrected chi connectivity index (χ0v) is 13.7. The Morgan fingerprint density at radius 2 is 1.95 bits per heavy atom. The number of nitrogens with one attached hydrogen (secondary N) is 3. The lowest BCUT2D eigenvalue weighted by Gasteiger charge is -2.18. The van der Waals surface area contributed by atoms with Crippen LogP contribution in [0.3, 0.4) is 0 Å². The summed E-state index contributed by atoms with van der Waals surface area (Å²) in [6, 6.07) is 6.81. The molecular weight excluding hydrogens is 302 g/mol. The number of aromatic nitrogens is 1. The van der Waals surface area contributed by atoms with E-state index in [0.29, 0.717) is 0 Å². The van der Waals surface area contributed by atoms with Crippen molar-refractivity contribution in [2.45, 2.75) is 32.4 Å². The van der Waals surface area contributed by atoms with Crippen LogP contribution in [0.5, 0.6) is 0 Å². The number of sulfonamides is 1. The van der Waals surface area contributed by atoms with Gasteiger partial charge in [0.15, 0.2) is 0 Å². The summed E-state index contributed by atoms with van der Waals surface area (Å²) in [4.78, 5) is 15.4. The third kappa shape index (κ3) is 4.32. The quantitative estimate of drug-likeness (QED) is 0.745. The molecule has 0 saturated heterocycles. The topological polar surface area (TPSA) is 91.1 Å². The van der Waals surface area contributed by atoms with E-state index in [1.807, 2.05) is 44.3 Å². The van der Waals surface area contributed by atoms with Crippen molar-refractivity contribution >= 4 is 26.8 Å². The van der Waals surface area contributed by atoms with Gasteiger partial charge in [-0.15, -0.1) is 0 Å². The number of amides is 1. The molecule has 2 aromatic rings. The summed E-state index contributed by atoms with van der Waals surface area (Å²) in [7, 11) is -3.48. The van der Waals surface area contributed by atoms with Crippen LogP contribution in [-0.2, 0) is 21.2 Å². The van der Waals surface area contributed by atoms with E-state index in [1.54, 1.807) is 0 Å². The van der Waals surface area contributed by atoms with Gasteiger partial charge in [0.2, 0.25) is 15.9 Å². The van der Waals surface area contributed by atoms with Gasteiger partial charge in [-0.05, 0) is 31.9 Å². The fourth-order valence-corrected chi connectivity index (χ4v) is 3.06. The summed E-state index contributed by atoms with van der Waals surface area (Å²) in [5.74, 6) is -0.328. The van der Waals surface area contributed by atoms with Gasteiger partial charge < -0.3 is 10.3 Å². The van der Waals surface area contributed by atoms with Gasteiger partial charge in [0.1, 0.15) is 6.04 Å². The summed E-state index contributed by atoms with van der Waals surface area (Å²) < 4.78 is 25.5. The van der Waals surface area contributed by atoms with E-state index >= 15 is 0 Å². The molecule has 0 aliphatic heterocycles.